The molecule has 0 radical (unpaired) electrons. The number of hydrogen-bond donors (Lipinski definition) is 4. The maximum absolute atomic E-state index is 10.4. The summed E-state index contributed by atoms with van der Waals surface area (Å²) >= 11 is 6.36. The van der Waals surface area contributed by atoms with E-state index in [0.717, 1.165) is 36.2 Å². The smallest absolute Gasteiger partial charge is 0.113 e. The van der Waals surface area contributed by atoms with Crippen LogP contribution in [-0.4, -0.2) is 61.6 Å². The lowest BCUT2D eigenvalue weighted by atomic mass is 9.90. The van der Waals surface area contributed by atoms with Gasteiger partial charge < -0.3 is 25.2 Å². The Labute approximate surface area is 181 Å². The first-order chi connectivity index (χ1) is 14.4. The third-order valence-electron chi connectivity index (χ3n) is 5.47. The van der Waals surface area contributed by atoms with Gasteiger partial charge in [0.2, 0.25) is 0 Å². The summed E-state index contributed by atoms with van der Waals surface area (Å²) in [5, 5.41) is 48.9. The molecule has 0 aliphatic carbocycles. The van der Waals surface area contributed by atoms with Crippen molar-refractivity contribution in [2.24, 2.45) is 0 Å². The van der Waals surface area contributed by atoms with Gasteiger partial charge in [0.15, 0.2) is 0 Å². The first-order valence-electron chi connectivity index (χ1n) is 10.3. The largest absolute Gasteiger partial charge is 0.394 e. The van der Waals surface area contributed by atoms with Gasteiger partial charge in [0.1, 0.15) is 30.5 Å². The molecular formula is C22H29ClN2O5. The van der Waals surface area contributed by atoms with Crippen molar-refractivity contribution in [2.75, 3.05) is 6.61 Å². The van der Waals surface area contributed by atoms with Gasteiger partial charge in [0.05, 0.1) is 18.0 Å². The molecule has 1 aromatic carbocycles. The number of aliphatic hydroxyl groups excluding tert-OH is 4. The van der Waals surface area contributed by atoms with Crippen LogP contribution in [0.4, 0.5) is 0 Å². The lowest BCUT2D eigenvalue weighted by Crippen LogP contribution is -2.55. The zero-order valence-corrected chi connectivity index (χ0v) is 17.7. The predicted molar refractivity (Wildman–Crippen MR) is 112 cm³/mol. The highest BCUT2D eigenvalue weighted by Gasteiger charge is 2.44. The molecule has 0 amide bonds. The second-order valence-electron chi connectivity index (χ2n) is 7.75. The fraction of sp³-hybridized carbons (Fsp3) is 0.545. The molecule has 2 aromatic rings. The molecule has 7 nitrogen and oxygen atoms in total. The molecule has 0 saturated carbocycles. The number of aliphatic hydroxyl groups is 4. The normalized spacial score (nSPS) is 26.7. The molecular weight excluding hydrogens is 408 g/mol. The standard InChI is InChI=1S/C22H29ClN2O5/c1-2-3-4-5-15-7-8-16(25-24-15)11-14-10-13(6-9-17(14)23)22-21(29)20(28)19(27)18(12-26)30-22/h6-10,18-22,26-29H,2-5,11-12H2,1H3/t18-,19-,20+,21-,22+/m1/s1. The van der Waals surface area contributed by atoms with E-state index in [-0.39, 0.29) is 0 Å². The highest BCUT2D eigenvalue weighted by Crippen LogP contribution is 2.34. The zero-order valence-electron chi connectivity index (χ0n) is 17.0. The van der Waals surface area contributed by atoms with Crippen molar-refractivity contribution in [3.05, 3.63) is 57.9 Å². The summed E-state index contributed by atoms with van der Waals surface area (Å²) in [6.07, 6.45) is -1.22. The van der Waals surface area contributed by atoms with E-state index in [1.165, 1.54) is 6.42 Å². The van der Waals surface area contributed by atoms with Gasteiger partial charge in [0, 0.05) is 11.4 Å². The van der Waals surface area contributed by atoms with Crippen molar-refractivity contribution in [2.45, 2.75) is 69.5 Å². The molecule has 1 saturated heterocycles. The maximum atomic E-state index is 10.4. The first kappa shape index (κ1) is 23.1. The van der Waals surface area contributed by atoms with E-state index in [9.17, 15) is 20.4 Å². The van der Waals surface area contributed by atoms with E-state index < -0.39 is 37.1 Å². The van der Waals surface area contributed by atoms with E-state index in [1.807, 2.05) is 12.1 Å². The Bertz CT molecular complexity index is 818. The molecule has 4 N–H and O–H groups in total. The number of halogens is 1. The first-order valence-corrected chi connectivity index (χ1v) is 10.7. The average molecular weight is 437 g/mol. The van der Waals surface area contributed by atoms with Crippen LogP contribution in [0.15, 0.2) is 30.3 Å². The second kappa shape index (κ2) is 10.6. The summed E-state index contributed by atoms with van der Waals surface area (Å²) in [6, 6.07) is 9.09. The molecule has 1 aromatic heterocycles. The molecule has 2 heterocycles. The predicted octanol–water partition coefficient (Wildman–Crippen LogP) is 1.97. The van der Waals surface area contributed by atoms with Gasteiger partial charge in [-0.2, -0.15) is 10.2 Å². The summed E-state index contributed by atoms with van der Waals surface area (Å²) in [5.74, 6) is 0. The van der Waals surface area contributed by atoms with Crippen molar-refractivity contribution >= 4 is 11.6 Å². The quantitative estimate of drug-likeness (QED) is 0.467. The molecule has 0 unspecified atom stereocenters. The minimum Gasteiger partial charge on any atom is -0.394 e. The number of nitrogens with zero attached hydrogens (tertiary/aromatic N) is 2. The van der Waals surface area contributed by atoms with Gasteiger partial charge in [-0.05, 0) is 42.2 Å². The lowest BCUT2D eigenvalue weighted by molar-refractivity contribution is -0.231. The van der Waals surface area contributed by atoms with Crippen LogP contribution in [0.3, 0.4) is 0 Å². The third-order valence-corrected chi connectivity index (χ3v) is 5.84. The molecule has 1 aliphatic heterocycles. The van der Waals surface area contributed by atoms with E-state index in [0.29, 0.717) is 17.0 Å². The topological polar surface area (TPSA) is 116 Å². The SMILES string of the molecule is CCCCCc1ccc(Cc2cc([C@@H]3O[C@H](CO)[C@@H](O)[C@H](O)[C@H]3O)ccc2Cl)nn1. The van der Waals surface area contributed by atoms with Crippen molar-refractivity contribution in [3.8, 4) is 0 Å². The Morgan fingerprint density at radius 1 is 0.967 bits per heavy atom. The summed E-state index contributed by atoms with van der Waals surface area (Å²) in [6.45, 7) is 1.69. The van der Waals surface area contributed by atoms with Gasteiger partial charge in [-0.15, -0.1) is 0 Å². The number of aromatic nitrogens is 2. The Balaban J connectivity index is 1.75. The highest BCUT2D eigenvalue weighted by molar-refractivity contribution is 6.31. The molecule has 1 fully saturated rings. The maximum Gasteiger partial charge on any atom is 0.113 e. The van der Waals surface area contributed by atoms with Gasteiger partial charge >= 0.3 is 0 Å². The number of ether oxygens (including phenoxy) is 1. The fourth-order valence-electron chi connectivity index (χ4n) is 3.65. The Hall–Kier alpha value is -1.61. The fourth-order valence-corrected chi connectivity index (χ4v) is 3.83. The van der Waals surface area contributed by atoms with Crippen molar-refractivity contribution in [1.29, 1.82) is 0 Å². The number of unbranched alkanes of at least 4 members (excludes halogenated alkanes) is 2. The Kier molecular flexibility index (Phi) is 8.16. The van der Waals surface area contributed by atoms with Crippen LogP contribution >= 0.6 is 11.6 Å². The van der Waals surface area contributed by atoms with Crippen molar-refractivity contribution < 1.29 is 25.2 Å². The summed E-state index contributed by atoms with van der Waals surface area (Å²) in [5.41, 5.74) is 3.10. The molecule has 1 aliphatic rings. The van der Waals surface area contributed by atoms with E-state index in [1.54, 1.807) is 18.2 Å². The van der Waals surface area contributed by atoms with Crippen LogP contribution in [0.25, 0.3) is 0 Å². The minimum atomic E-state index is -1.42. The molecule has 164 valence electrons. The van der Waals surface area contributed by atoms with Crippen LogP contribution in [0.1, 0.15) is 54.8 Å². The van der Waals surface area contributed by atoms with Crippen molar-refractivity contribution in [3.63, 3.8) is 0 Å². The Morgan fingerprint density at radius 2 is 1.70 bits per heavy atom. The van der Waals surface area contributed by atoms with Gasteiger partial charge in [-0.3, -0.25) is 0 Å². The summed E-state index contributed by atoms with van der Waals surface area (Å²) < 4.78 is 5.64. The van der Waals surface area contributed by atoms with Gasteiger partial charge in [-0.1, -0.05) is 43.5 Å². The highest BCUT2D eigenvalue weighted by atomic mass is 35.5. The van der Waals surface area contributed by atoms with E-state index in [2.05, 4.69) is 17.1 Å². The second-order valence-corrected chi connectivity index (χ2v) is 8.16. The molecule has 0 bridgehead atoms. The molecule has 30 heavy (non-hydrogen) atoms. The third kappa shape index (κ3) is 5.35. The van der Waals surface area contributed by atoms with Crippen LogP contribution in [-0.2, 0) is 17.6 Å². The molecule has 5 atom stereocenters. The number of benzene rings is 1. The molecule has 3 rings (SSSR count). The molecule has 0 spiro atoms. The van der Waals surface area contributed by atoms with Crippen LogP contribution in [0.5, 0.6) is 0 Å². The van der Waals surface area contributed by atoms with Gasteiger partial charge in [0.25, 0.3) is 0 Å². The molecule has 8 heteroatoms. The lowest BCUT2D eigenvalue weighted by Gasteiger charge is -2.40. The van der Waals surface area contributed by atoms with Crippen LogP contribution in [0, 0.1) is 0 Å². The minimum absolute atomic E-state index is 0.451. The van der Waals surface area contributed by atoms with Crippen molar-refractivity contribution in [1.82, 2.24) is 10.2 Å². The zero-order chi connectivity index (χ0) is 21.7. The number of hydrogen-bond acceptors (Lipinski definition) is 7. The number of rotatable bonds is 8. The average Bonchev–Trinajstić information content (AvgIpc) is 2.75. The van der Waals surface area contributed by atoms with Gasteiger partial charge in [-0.25, -0.2) is 0 Å². The monoisotopic (exact) mass is 436 g/mol. The summed E-state index contributed by atoms with van der Waals surface area (Å²) in [7, 11) is 0. The number of aryl methyl sites for hydroxylation is 1. The summed E-state index contributed by atoms with van der Waals surface area (Å²) in [4.78, 5) is 0. The van der Waals surface area contributed by atoms with E-state index >= 15 is 0 Å². The van der Waals surface area contributed by atoms with E-state index in [4.69, 9.17) is 16.3 Å². The Morgan fingerprint density at radius 3 is 2.37 bits per heavy atom. The van der Waals surface area contributed by atoms with Crippen LogP contribution in [0.2, 0.25) is 5.02 Å². The van der Waals surface area contributed by atoms with Crippen LogP contribution < -0.4 is 0 Å².